The molecule has 4 rings (SSSR count). The number of aromatic nitrogens is 2. The van der Waals surface area contributed by atoms with Crippen molar-refractivity contribution < 1.29 is 0 Å². The minimum atomic E-state index is -0.0728. The van der Waals surface area contributed by atoms with Gasteiger partial charge < -0.3 is 9.13 Å². The second kappa shape index (κ2) is 10.5. The molecular formula is C38H44N2. The van der Waals surface area contributed by atoms with Crippen LogP contribution in [-0.4, -0.2) is 9.13 Å². The number of nitrogens with zero attached hydrogens (tertiary/aromatic N) is 2. The van der Waals surface area contributed by atoms with E-state index in [9.17, 15) is 0 Å². The van der Waals surface area contributed by atoms with Crippen LogP contribution in [0.4, 0.5) is 0 Å². The van der Waals surface area contributed by atoms with Crippen LogP contribution in [0.5, 0.6) is 0 Å². The Morgan fingerprint density at radius 2 is 1.55 bits per heavy atom. The summed E-state index contributed by atoms with van der Waals surface area (Å²) >= 11 is 0. The van der Waals surface area contributed by atoms with Crippen molar-refractivity contribution in [2.75, 3.05) is 0 Å². The molecule has 1 aromatic carbocycles. The minimum absolute atomic E-state index is 0.0728. The van der Waals surface area contributed by atoms with Gasteiger partial charge >= 0.3 is 0 Å². The van der Waals surface area contributed by atoms with Crippen LogP contribution in [0.15, 0.2) is 95.7 Å². The van der Waals surface area contributed by atoms with Gasteiger partial charge in [-0.05, 0) is 99.3 Å². The second-order valence-corrected chi connectivity index (χ2v) is 11.7. The van der Waals surface area contributed by atoms with Gasteiger partial charge in [0.05, 0.1) is 5.52 Å². The molecule has 2 aromatic heterocycles. The van der Waals surface area contributed by atoms with Gasteiger partial charge in [-0.3, -0.25) is 0 Å². The van der Waals surface area contributed by atoms with Gasteiger partial charge in [0.1, 0.15) is 0 Å². The molecule has 0 spiro atoms. The van der Waals surface area contributed by atoms with Crippen molar-refractivity contribution in [3.63, 3.8) is 0 Å². The lowest BCUT2D eigenvalue weighted by atomic mass is 9.81. The van der Waals surface area contributed by atoms with Crippen LogP contribution in [0.25, 0.3) is 35.3 Å². The van der Waals surface area contributed by atoms with Gasteiger partial charge in [0, 0.05) is 51.1 Å². The molecule has 1 aliphatic rings. The highest BCUT2D eigenvalue weighted by Crippen LogP contribution is 2.48. The normalized spacial score (nSPS) is 16.5. The smallest absolute Gasteiger partial charge is 0.0534 e. The van der Waals surface area contributed by atoms with Crippen molar-refractivity contribution in [3.05, 3.63) is 129 Å². The second-order valence-electron chi connectivity index (χ2n) is 11.7. The Morgan fingerprint density at radius 3 is 2.12 bits per heavy atom. The van der Waals surface area contributed by atoms with E-state index < -0.39 is 0 Å². The van der Waals surface area contributed by atoms with Crippen LogP contribution < -0.4 is 10.6 Å². The van der Waals surface area contributed by atoms with Crippen molar-refractivity contribution in [1.29, 1.82) is 0 Å². The van der Waals surface area contributed by atoms with Gasteiger partial charge in [-0.15, -0.1) is 0 Å². The van der Waals surface area contributed by atoms with Gasteiger partial charge in [-0.25, -0.2) is 0 Å². The Bertz CT molecular complexity index is 1830. The van der Waals surface area contributed by atoms with E-state index in [0.717, 1.165) is 21.7 Å². The number of benzene rings is 1. The SMILES string of the molecule is C=CC1=C(C=C)C(C)(C)C(C)=C1/C=C(\C)n1c(C)c(/C=C(\C)C(=C)/C=c2/c(C)c(C)n(C)c2=C)c2ccccc21. The third kappa shape index (κ3) is 4.46. The molecule has 0 aliphatic heterocycles. The zero-order chi connectivity index (χ0) is 29.7. The van der Waals surface area contributed by atoms with E-state index in [2.05, 4.69) is 140 Å². The van der Waals surface area contributed by atoms with Crippen molar-refractivity contribution in [2.45, 2.75) is 55.4 Å². The largest absolute Gasteiger partial charge is 0.348 e. The first-order chi connectivity index (χ1) is 18.8. The maximum Gasteiger partial charge on any atom is 0.0534 e. The molecule has 0 saturated heterocycles. The van der Waals surface area contributed by atoms with Gasteiger partial charge in [0.15, 0.2) is 0 Å². The molecule has 0 radical (unpaired) electrons. The van der Waals surface area contributed by atoms with E-state index in [1.807, 2.05) is 12.2 Å². The molecule has 206 valence electrons. The van der Waals surface area contributed by atoms with Crippen molar-refractivity contribution in [3.8, 4) is 0 Å². The summed E-state index contributed by atoms with van der Waals surface area (Å²) in [5, 5.41) is 3.40. The molecule has 3 aromatic rings. The molecule has 0 N–H and O–H groups in total. The molecule has 0 amide bonds. The fraction of sp³-hybridized carbons (Fsp3) is 0.263. The average Bonchev–Trinajstić information content (AvgIpc) is 3.38. The summed E-state index contributed by atoms with van der Waals surface area (Å²) in [6, 6.07) is 8.65. The Balaban J connectivity index is 1.88. The van der Waals surface area contributed by atoms with Gasteiger partial charge in [-0.1, -0.05) is 76.1 Å². The summed E-state index contributed by atoms with van der Waals surface area (Å²) < 4.78 is 4.52. The fourth-order valence-electron chi connectivity index (χ4n) is 6.13. The molecule has 0 unspecified atom stereocenters. The molecule has 40 heavy (non-hydrogen) atoms. The van der Waals surface area contributed by atoms with Crippen molar-refractivity contribution in [1.82, 2.24) is 9.13 Å². The average molecular weight is 529 g/mol. The van der Waals surface area contributed by atoms with Gasteiger partial charge in [0.2, 0.25) is 0 Å². The molecule has 0 fully saturated rings. The maximum absolute atomic E-state index is 4.43. The number of fused-ring (bicyclic) bond motifs is 1. The molecule has 0 atom stereocenters. The van der Waals surface area contributed by atoms with Crippen LogP contribution in [0.1, 0.15) is 57.1 Å². The van der Waals surface area contributed by atoms with Crippen molar-refractivity contribution >= 4 is 35.3 Å². The summed E-state index contributed by atoms with van der Waals surface area (Å²) in [7, 11) is 2.07. The lowest BCUT2D eigenvalue weighted by Crippen LogP contribution is -2.27. The lowest BCUT2D eigenvalue weighted by Gasteiger charge is -2.23. The topological polar surface area (TPSA) is 9.86 Å². The van der Waals surface area contributed by atoms with Gasteiger partial charge in [0.25, 0.3) is 0 Å². The zero-order valence-corrected chi connectivity index (χ0v) is 25.9. The number of para-hydroxylation sites is 1. The number of hydrogen-bond donors (Lipinski definition) is 0. The van der Waals surface area contributed by atoms with Crippen LogP contribution in [0.2, 0.25) is 0 Å². The molecule has 2 heteroatoms. The van der Waals surface area contributed by atoms with Crippen molar-refractivity contribution in [2.24, 2.45) is 12.5 Å². The van der Waals surface area contributed by atoms with Crippen LogP contribution >= 0.6 is 0 Å². The minimum Gasteiger partial charge on any atom is -0.348 e. The fourth-order valence-corrected chi connectivity index (χ4v) is 6.13. The van der Waals surface area contributed by atoms with E-state index >= 15 is 0 Å². The number of hydrogen-bond acceptors (Lipinski definition) is 0. The van der Waals surface area contributed by atoms with E-state index in [-0.39, 0.29) is 5.41 Å². The predicted molar refractivity (Wildman–Crippen MR) is 177 cm³/mol. The summed E-state index contributed by atoms with van der Waals surface area (Å²) in [6.07, 6.45) is 10.7. The van der Waals surface area contributed by atoms with E-state index in [4.69, 9.17) is 0 Å². The quantitative estimate of drug-likeness (QED) is 0.272. The van der Waals surface area contributed by atoms with Crippen LogP contribution in [-0.2, 0) is 7.05 Å². The molecular weight excluding hydrogens is 484 g/mol. The molecule has 2 heterocycles. The highest BCUT2D eigenvalue weighted by molar-refractivity contribution is 5.94. The highest BCUT2D eigenvalue weighted by Gasteiger charge is 2.34. The summed E-state index contributed by atoms with van der Waals surface area (Å²) in [4.78, 5) is 0. The van der Waals surface area contributed by atoms with Crippen LogP contribution in [0.3, 0.4) is 0 Å². The predicted octanol–water partition coefficient (Wildman–Crippen LogP) is 8.64. The summed E-state index contributed by atoms with van der Waals surface area (Å²) in [6.45, 7) is 34.6. The zero-order valence-electron chi connectivity index (χ0n) is 25.9. The van der Waals surface area contributed by atoms with E-state index in [1.54, 1.807) is 0 Å². The first-order valence-corrected chi connectivity index (χ1v) is 14.0. The number of rotatable bonds is 7. The third-order valence-corrected chi connectivity index (χ3v) is 9.22. The van der Waals surface area contributed by atoms with Crippen LogP contribution in [0, 0.1) is 26.2 Å². The molecule has 1 aliphatic carbocycles. The molecule has 2 nitrogen and oxygen atoms in total. The lowest BCUT2D eigenvalue weighted by molar-refractivity contribution is 0.562. The Labute approximate surface area is 240 Å². The number of allylic oxidation sites excluding steroid dienone is 10. The highest BCUT2D eigenvalue weighted by atomic mass is 15.0. The summed E-state index contributed by atoms with van der Waals surface area (Å²) in [5.74, 6) is 0. The third-order valence-electron chi connectivity index (χ3n) is 9.22. The molecule has 0 saturated carbocycles. The maximum atomic E-state index is 4.43. The van der Waals surface area contributed by atoms with E-state index in [1.165, 1.54) is 61.4 Å². The van der Waals surface area contributed by atoms with Gasteiger partial charge in [-0.2, -0.15) is 0 Å². The Hall–Kier alpha value is -4.04. The monoisotopic (exact) mass is 528 g/mol. The molecule has 0 bridgehead atoms. The first-order valence-electron chi connectivity index (χ1n) is 14.0. The van der Waals surface area contributed by atoms with E-state index in [0.29, 0.717) is 0 Å². The standard InChI is InChI=1S/C38H44N2/c1-14-31-34(27(7)38(11,12)36(31)15-2)22-25(5)40-30(10)35(32-18-16-17-19-37(32)40)21-24(4)23(3)20-33-26(6)28(8)39(13)29(33)9/h14-22H,1-3,9H2,4-8,10-13H3/b24-21+,25-22+,33-20-. The Morgan fingerprint density at radius 1 is 0.900 bits per heavy atom. The Kier molecular flexibility index (Phi) is 7.60. The first kappa shape index (κ1) is 29.0. The summed E-state index contributed by atoms with van der Waals surface area (Å²) in [5.41, 5.74) is 14.3.